The molecule has 46 heavy (non-hydrogen) atoms. The van der Waals surface area contributed by atoms with E-state index in [0.29, 0.717) is 16.6 Å². The normalized spacial score (nSPS) is 14.3. The van der Waals surface area contributed by atoms with Gasteiger partial charge in [-0.15, -0.1) is 0 Å². The summed E-state index contributed by atoms with van der Waals surface area (Å²) in [6.07, 6.45) is -1.13. The van der Waals surface area contributed by atoms with Gasteiger partial charge in [-0.05, 0) is 23.1 Å². The smallest absolute Gasteiger partial charge is 0.317 e. The van der Waals surface area contributed by atoms with Crippen molar-refractivity contribution in [3.63, 3.8) is 0 Å². The molecule has 5 rings (SSSR count). The number of Topliss-reactive ketones (excluding diaryl/α,β-unsaturated/α-hetero) is 1. The Kier molecular flexibility index (Phi) is 8.98. The summed E-state index contributed by atoms with van der Waals surface area (Å²) in [5, 5.41) is 15.6. The van der Waals surface area contributed by atoms with Crippen LogP contribution in [0.15, 0.2) is 72.8 Å². The van der Waals surface area contributed by atoms with Crippen molar-refractivity contribution in [1.29, 1.82) is 0 Å². The highest BCUT2D eigenvalue weighted by Crippen LogP contribution is 2.33. The molecule has 4 aromatic carbocycles. The number of carboxylic acids is 1. The number of halogens is 4. The molecule has 4 aromatic rings. The number of ether oxygens (including phenoxy) is 1. The standard InChI is InChI=1S/C32H23F4N3O7/c33-19-13-20(34)28(36)29(27(19)35)46-15-25(40)22(14-26(41)42)38-30(43)24-12-17-7-2-4-11-23(17)39(24)32(45)31(44)37-21-10-5-8-16-6-1-3-9-18(16)21/h1-11,13,22,24H,12,14-15H2,(H,37,44)(H,38,43)(H,41,42)/t22-,24?/m0/s1. The number of carbonyl (C=O) groups is 5. The van der Waals surface area contributed by atoms with Gasteiger partial charge >= 0.3 is 17.8 Å². The lowest BCUT2D eigenvalue weighted by Crippen LogP contribution is -2.55. The fourth-order valence-electron chi connectivity index (χ4n) is 5.08. The van der Waals surface area contributed by atoms with E-state index >= 15 is 0 Å². The third-order valence-corrected chi connectivity index (χ3v) is 7.24. The van der Waals surface area contributed by atoms with E-state index in [2.05, 4.69) is 15.4 Å². The van der Waals surface area contributed by atoms with Crippen LogP contribution in [-0.2, 0) is 30.4 Å². The van der Waals surface area contributed by atoms with Gasteiger partial charge in [0.25, 0.3) is 0 Å². The minimum absolute atomic E-state index is 0.0677. The zero-order valence-electron chi connectivity index (χ0n) is 23.6. The number of rotatable bonds is 9. The molecule has 2 atom stereocenters. The Morgan fingerprint density at radius 2 is 1.54 bits per heavy atom. The number of carbonyl (C=O) groups excluding carboxylic acids is 4. The topological polar surface area (TPSA) is 142 Å². The first-order valence-electron chi connectivity index (χ1n) is 13.7. The quantitative estimate of drug-likeness (QED) is 0.144. The first-order chi connectivity index (χ1) is 22.0. The van der Waals surface area contributed by atoms with E-state index in [-0.39, 0.29) is 18.2 Å². The summed E-state index contributed by atoms with van der Waals surface area (Å²) in [5.41, 5.74) is 1.06. The van der Waals surface area contributed by atoms with Gasteiger partial charge in [0.2, 0.25) is 17.5 Å². The number of aliphatic carboxylic acids is 1. The average Bonchev–Trinajstić information content (AvgIpc) is 3.43. The first kappa shape index (κ1) is 31.6. The van der Waals surface area contributed by atoms with Crippen LogP contribution in [-0.4, -0.2) is 53.3 Å². The van der Waals surface area contributed by atoms with Gasteiger partial charge in [0, 0.05) is 29.2 Å². The van der Waals surface area contributed by atoms with Crippen LogP contribution in [0.1, 0.15) is 12.0 Å². The molecule has 0 bridgehead atoms. The average molecular weight is 638 g/mol. The molecule has 10 nitrogen and oxygen atoms in total. The Hall–Kier alpha value is -5.79. The number of anilines is 2. The Labute approximate surface area is 257 Å². The molecule has 0 spiro atoms. The number of amides is 3. The van der Waals surface area contributed by atoms with E-state index in [1.165, 1.54) is 6.07 Å². The molecule has 0 saturated heterocycles. The van der Waals surface area contributed by atoms with Crippen LogP contribution in [0.5, 0.6) is 5.75 Å². The van der Waals surface area contributed by atoms with Crippen LogP contribution in [0.2, 0.25) is 0 Å². The summed E-state index contributed by atoms with van der Waals surface area (Å²) < 4.78 is 59.7. The molecule has 1 aliphatic heterocycles. The Balaban J connectivity index is 1.36. The fourth-order valence-corrected chi connectivity index (χ4v) is 5.08. The van der Waals surface area contributed by atoms with Gasteiger partial charge in [-0.2, -0.15) is 8.78 Å². The van der Waals surface area contributed by atoms with Gasteiger partial charge in [-0.3, -0.25) is 28.9 Å². The molecular formula is C32H23F4N3O7. The van der Waals surface area contributed by atoms with Gasteiger partial charge < -0.3 is 20.5 Å². The highest BCUT2D eigenvalue weighted by Gasteiger charge is 2.42. The second-order valence-electron chi connectivity index (χ2n) is 10.2. The monoisotopic (exact) mass is 637 g/mol. The third kappa shape index (κ3) is 6.36. The predicted molar refractivity (Wildman–Crippen MR) is 155 cm³/mol. The number of nitrogens with one attached hydrogen (secondary N) is 2. The Morgan fingerprint density at radius 3 is 2.26 bits per heavy atom. The highest BCUT2D eigenvalue weighted by molar-refractivity contribution is 6.45. The first-order valence-corrected chi connectivity index (χ1v) is 13.7. The van der Waals surface area contributed by atoms with Crippen LogP contribution in [0.25, 0.3) is 10.8 Å². The molecule has 0 fully saturated rings. The third-order valence-electron chi connectivity index (χ3n) is 7.24. The molecule has 0 aliphatic carbocycles. The van der Waals surface area contributed by atoms with Crippen LogP contribution in [0.3, 0.4) is 0 Å². The summed E-state index contributed by atoms with van der Waals surface area (Å²) >= 11 is 0. The van der Waals surface area contributed by atoms with E-state index in [9.17, 15) is 46.6 Å². The Bertz CT molecular complexity index is 1870. The number of fused-ring (bicyclic) bond motifs is 2. The van der Waals surface area contributed by atoms with Gasteiger partial charge in [-0.1, -0.05) is 54.6 Å². The number of para-hydroxylation sites is 1. The summed E-state index contributed by atoms with van der Waals surface area (Å²) in [6, 6.07) is 15.2. The molecule has 236 valence electrons. The molecular weight excluding hydrogens is 614 g/mol. The molecule has 3 amide bonds. The predicted octanol–water partition coefficient (Wildman–Crippen LogP) is 3.90. The zero-order chi connectivity index (χ0) is 33.1. The van der Waals surface area contributed by atoms with Crippen LogP contribution < -0.4 is 20.3 Å². The number of hydrogen-bond donors (Lipinski definition) is 3. The molecule has 1 aliphatic rings. The lowest BCUT2D eigenvalue weighted by atomic mass is 10.1. The molecule has 0 radical (unpaired) electrons. The van der Waals surface area contributed by atoms with Crippen LogP contribution in [0, 0.1) is 23.3 Å². The highest BCUT2D eigenvalue weighted by atomic mass is 19.2. The fraction of sp³-hybridized carbons (Fsp3) is 0.156. The largest absolute Gasteiger partial charge is 0.481 e. The SMILES string of the molecule is O=C(O)C[C@H](NC(=O)C1Cc2ccccc2N1C(=O)C(=O)Nc1cccc2ccccc12)C(=O)COc1c(F)c(F)cc(F)c1F. The molecule has 1 heterocycles. The van der Waals surface area contributed by atoms with E-state index < -0.39 is 83.6 Å². The molecule has 14 heteroatoms. The van der Waals surface area contributed by atoms with E-state index in [4.69, 9.17) is 0 Å². The second kappa shape index (κ2) is 13.1. The lowest BCUT2D eigenvalue weighted by Gasteiger charge is -2.26. The van der Waals surface area contributed by atoms with Gasteiger partial charge in [0.1, 0.15) is 18.7 Å². The van der Waals surface area contributed by atoms with Crippen molar-refractivity contribution in [2.24, 2.45) is 0 Å². The number of nitrogens with zero attached hydrogens (tertiary/aromatic N) is 1. The van der Waals surface area contributed by atoms with Gasteiger partial charge in [-0.25, -0.2) is 8.78 Å². The lowest BCUT2D eigenvalue weighted by molar-refractivity contribution is -0.140. The van der Waals surface area contributed by atoms with E-state index in [0.717, 1.165) is 10.3 Å². The second-order valence-corrected chi connectivity index (χ2v) is 10.2. The van der Waals surface area contributed by atoms with Crippen LogP contribution >= 0.6 is 0 Å². The summed E-state index contributed by atoms with van der Waals surface area (Å²) in [6.45, 7) is -1.28. The van der Waals surface area contributed by atoms with E-state index in [1.807, 2.05) is 12.1 Å². The van der Waals surface area contributed by atoms with Crippen molar-refractivity contribution in [3.8, 4) is 5.75 Å². The number of benzene rings is 4. The molecule has 0 saturated carbocycles. The van der Waals surface area contributed by atoms with Crippen molar-refractivity contribution < 1.29 is 51.4 Å². The number of hydrogen-bond acceptors (Lipinski definition) is 6. The van der Waals surface area contributed by atoms with Crippen molar-refractivity contribution in [2.45, 2.75) is 24.9 Å². The summed E-state index contributed by atoms with van der Waals surface area (Å²) in [7, 11) is 0. The maximum absolute atomic E-state index is 14.0. The van der Waals surface area contributed by atoms with Gasteiger partial charge in [0.15, 0.2) is 23.2 Å². The maximum atomic E-state index is 14.0. The minimum atomic E-state index is -1.93. The summed E-state index contributed by atoms with van der Waals surface area (Å²) in [4.78, 5) is 65.6. The van der Waals surface area contributed by atoms with Crippen molar-refractivity contribution in [1.82, 2.24) is 5.32 Å². The molecule has 1 unspecified atom stereocenters. The van der Waals surface area contributed by atoms with Crippen LogP contribution in [0.4, 0.5) is 28.9 Å². The van der Waals surface area contributed by atoms with Crippen molar-refractivity contribution in [3.05, 3.63) is 102 Å². The maximum Gasteiger partial charge on any atom is 0.317 e. The zero-order valence-corrected chi connectivity index (χ0v) is 23.6. The van der Waals surface area contributed by atoms with Crippen molar-refractivity contribution in [2.75, 3.05) is 16.8 Å². The van der Waals surface area contributed by atoms with Gasteiger partial charge in [0.05, 0.1) is 6.42 Å². The minimum Gasteiger partial charge on any atom is -0.481 e. The number of carboxylic acid groups (broad SMARTS) is 1. The number of ketones is 1. The van der Waals surface area contributed by atoms with Crippen molar-refractivity contribution >= 4 is 51.6 Å². The summed E-state index contributed by atoms with van der Waals surface area (Å²) in [5.74, 6) is -15.0. The van der Waals surface area contributed by atoms with E-state index in [1.54, 1.807) is 48.5 Å². The Morgan fingerprint density at radius 1 is 0.891 bits per heavy atom. The molecule has 3 N–H and O–H groups in total. The molecule has 0 aromatic heterocycles.